The van der Waals surface area contributed by atoms with Gasteiger partial charge >= 0.3 is 175 Å². The summed E-state index contributed by atoms with van der Waals surface area (Å²) in [5, 5.41) is 0. The number of allylic oxidation sites excluding steroid dienone is 4. The van der Waals surface area contributed by atoms with Gasteiger partial charge in [-0.2, -0.15) is 0 Å². The number of aryl methyl sites for hydroxylation is 3. The van der Waals surface area contributed by atoms with Crippen LogP contribution in [0.5, 0.6) is 0 Å². The van der Waals surface area contributed by atoms with Crippen molar-refractivity contribution >= 4 is 36.1 Å². The quantitative estimate of drug-likeness (QED) is 0.439. The van der Waals surface area contributed by atoms with Gasteiger partial charge in [-0.1, -0.05) is 0 Å². The fourth-order valence-electron chi connectivity index (χ4n) is 4.16. The average molecular weight is 466 g/mol. The molecule has 1 atom stereocenters. The molecule has 0 amide bonds. The molecule has 1 aliphatic rings. The number of anilines is 1. The van der Waals surface area contributed by atoms with Crippen LogP contribution < -0.4 is 3.80 Å². The summed E-state index contributed by atoms with van der Waals surface area (Å²) >= 11 is -0.350. The maximum Gasteiger partial charge on any atom is -0.147 e. The molecule has 0 saturated carbocycles. The van der Waals surface area contributed by atoms with Crippen LogP contribution in [-0.4, -0.2) is 0 Å². The first-order valence-electron chi connectivity index (χ1n) is 9.84. The summed E-state index contributed by atoms with van der Waals surface area (Å²) in [5.41, 5.74) is 14.4. The second-order valence-corrected chi connectivity index (χ2v) is 10.2. The Kier molecular flexibility index (Phi) is 9.76. The number of benzene rings is 2. The predicted octanol–water partition coefficient (Wildman–Crippen LogP) is 8.14. The van der Waals surface area contributed by atoms with Gasteiger partial charge in [0.25, 0.3) is 0 Å². The molecule has 0 spiro atoms. The molecule has 0 bridgehead atoms. The minimum atomic E-state index is -0.350. The first-order chi connectivity index (χ1) is 12.8. The Labute approximate surface area is 198 Å². The summed E-state index contributed by atoms with van der Waals surface area (Å²) in [6.07, 6.45) is 1.10. The van der Waals surface area contributed by atoms with Crippen molar-refractivity contribution < 1.29 is 19.4 Å². The summed E-state index contributed by atoms with van der Waals surface area (Å²) in [6, 6.07) is 13.6. The Morgan fingerprint density at radius 3 is 2.00 bits per heavy atom. The second kappa shape index (κ2) is 10.9. The molecule has 1 unspecified atom stereocenters. The summed E-state index contributed by atoms with van der Waals surface area (Å²) in [5.74, 6) is 0. The Bertz CT molecular complexity index is 921. The van der Waals surface area contributed by atoms with Crippen molar-refractivity contribution in [3.8, 4) is 0 Å². The van der Waals surface area contributed by atoms with Crippen molar-refractivity contribution in [1.29, 1.82) is 0 Å². The van der Waals surface area contributed by atoms with Crippen LogP contribution in [0, 0.1) is 20.8 Å². The molecule has 0 radical (unpaired) electrons. The first-order valence-corrected chi connectivity index (χ1v) is 11.5. The number of hydrogen-bond donors (Lipinski definition) is 1. The number of rotatable bonds is 5. The maximum absolute atomic E-state index is 3.85. The van der Waals surface area contributed by atoms with E-state index in [2.05, 4.69) is 88.7 Å². The number of halogens is 2. The van der Waals surface area contributed by atoms with E-state index in [0.29, 0.717) is 4.22 Å². The van der Waals surface area contributed by atoms with Crippen LogP contribution in [0.3, 0.4) is 0 Å². The summed E-state index contributed by atoms with van der Waals surface area (Å²) in [7, 11) is 0. The normalized spacial score (nSPS) is 14.3. The second-order valence-electron chi connectivity index (χ2n) is 8.04. The van der Waals surface area contributed by atoms with E-state index in [0.717, 1.165) is 6.42 Å². The van der Waals surface area contributed by atoms with Crippen molar-refractivity contribution in [2.24, 2.45) is 0 Å². The molecule has 2 aromatic rings. The minimum Gasteiger partial charge on any atom is -0.147 e. The van der Waals surface area contributed by atoms with Crippen LogP contribution >= 0.6 is 24.8 Å². The zero-order valence-corrected chi connectivity index (χ0v) is 21.8. The van der Waals surface area contributed by atoms with Crippen molar-refractivity contribution in [1.82, 2.24) is 0 Å². The largest absolute Gasteiger partial charge is 0.147 e. The fraction of sp³-hybridized carbons (Fsp3) is 0.360. The molecule has 0 aromatic heterocycles. The molecular weight excluding hydrogens is 433 g/mol. The molecule has 3 rings (SSSR count). The zero-order chi connectivity index (χ0) is 19.7. The first kappa shape index (κ1) is 26.0. The van der Waals surface area contributed by atoms with Crippen LogP contribution in [0.15, 0.2) is 53.1 Å². The van der Waals surface area contributed by atoms with Crippen LogP contribution in [0.2, 0.25) is 0 Å². The van der Waals surface area contributed by atoms with Gasteiger partial charge < -0.3 is 0 Å². The summed E-state index contributed by atoms with van der Waals surface area (Å²) in [6.45, 7) is 15.8. The summed E-state index contributed by atoms with van der Waals surface area (Å²) < 4.78 is 4.42. The van der Waals surface area contributed by atoms with Crippen LogP contribution in [0.25, 0.3) is 5.57 Å². The van der Waals surface area contributed by atoms with E-state index in [1.165, 1.54) is 55.8 Å². The molecule has 2 aromatic carbocycles. The van der Waals surface area contributed by atoms with Gasteiger partial charge in [0.05, 0.1) is 0 Å². The van der Waals surface area contributed by atoms with E-state index < -0.39 is 0 Å². The van der Waals surface area contributed by atoms with Gasteiger partial charge in [-0.3, -0.25) is 0 Å². The SMILES string of the molecule is CC1=C(C)C(C)=C(c2ccccc2[CH](C)[Ti][NH]c2c(C)cc(C)cc2C)C1.Cl.Cl. The van der Waals surface area contributed by atoms with Crippen LogP contribution in [-0.2, 0) is 19.4 Å². The van der Waals surface area contributed by atoms with Gasteiger partial charge in [0.15, 0.2) is 0 Å². The van der Waals surface area contributed by atoms with Crippen LogP contribution in [0.4, 0.5) is 5.69 Å². The van der Waals surface area contributed by atoms with Crippen molar-refractivity contribution in [3.05, 3.63) is 80.9 Å². The Morgan fingerprint density at radius 1 is 0.862 bits per heavy atom. The van der Waals surface area contributed by atoms with E-state index in [-0.39, 0.29) is 44.2 Å². The smallest absolute Gasteiger partial charge is 0.147 e. The van der Waals surface area contributed by atoms with Gasteiger partial charge in [-0.15, -0.1) is 24.8 Å². The molecule has 29 heavy (non-hydrogen) atoms. The van der Waals surface area contributed by atoms with Gasteiger partial charge in [0, 0.05) is 0 Å². The average Bonchev–Trinajstić information content (AvgIpc) is 2.88. The molecule has 0 fully saturated rings. The van der Waals surface area contributed by atoms with E-state index >= 15 is 0 Å². The van der Waals surface area contributed by atoms with Gasteiger partial charge in [0.2, 0.25) is 0 Å². The Morgan fingerprint density at radius 2 is 1.45 bits per heavy atom. The number of nitrogens with one attached hydrogen (secondary N) is 1. The van der Waals surface area contributed by atoms with Crippen LogP contribution in [0.1, 0.15) is 66.2 Å². The molecular formula is C25H33Cl2NTi. The fourth-order valence-corrected chi connectivity index (χ4v) is 5.97. The van der Waals surface area contributed by atoms with E-state index in [4.69, 9.17) is 0 Å². The van der Waals surface area contributed by atoms with E-state index in [1.807, 2.05) is 0 Å². The molecule has 1 N–H and O–H groups in total. The minimum absolute atomic E-state index is 0. The van der Waals surface area contributed by atoms with E-state index in [1.54, 1.807) is 0 Å². The molecule has 4 heteroatoms. The summed E-state index contributed by atoms with van der Waals surface area (Å²) in [4.78, 5) is 0. The molecule has 0 aliphatic heterocycles. The van der Waals surface area contributed by atoms with Crippen molar-refractivity contribution in [2.45, 2.75) is 59.1 Å². The van der Waals surface area contributed by atoms with E-state index in [9.17, 15) is 0 Å². The van der Waals surface area contributed by atoms with Crippen molar-refractivity contribution in [2.75, 3.05) is 3.80 Å². The third-order valence-corrected chi connectivity index (χ3v) is 7.72. The molecule has 1 aliphatic carbocycles. The molecule has 1 nitrogen and oxygen atoms in total. The standard InChI is InChI=1S/C16H19.C9H12N.2ClH.Ti/c1-5-14-8-6-7-9-15(14)16-10-11(2)12(3)13(16)4;1-6-4-7(2)9(10)8(3)5-6;;;/h5-9H,10H2,1-4H3;4-5,10H,1-3H3;2*1H;/q;-1;;;+1. The topological polar surface area (TPSA) is 12.0 Å². The Hall–Kier alpha value is -0.986. The predicted molar refractivity (Wildman–Crippen MR) is 129 cm³/mol. The van der Waals surface area contributed by atoms with Gasteiger partial charge in [-0.25, -0.2) is 0 Å². The third-order valence-electron chi connectivity index (χ3n) is 5.94. The van der Waals surface area contributed by atoms with Gasteiger partial charge in [-0.05, 0) is 0 Å². The van der Waals surface area contributed by atoms with Gasteiger partial charge in [0.1, 0.15) is 0 Å². The molecule has 0 heterocycles. The molecule has 0 saturated heterocycles. The maximum atomic E-state index is 3.85. The van der Waals surface area contributed by atoms with Crippen molar-refractivity contribution in [3.63, 3.8) is 0 Å². The Balaban J connectivity index is 0.00000210. The zero-order valence-electron chi connectivity index (χ0n) is 18.6. The third kappa shape index (κ3) is 5.58. The number of hydrogen-bond acceptors (Lipinski definition) is 1. The molecule has 156 valence electrons. The monoisotopic (exact) mass is 465 g/mol.